The van der Waals surface area contributed by atoms with Crippen molar-refractivity contribution in [2.75, 3.05) is 13.1 Å². The maximum Gasteiger partial charge on any atom is 0.238 e. The SMILES string of the molecule is Cc1ccccc1C1NCC(=O)N1CC1CCC1. The van der Waals surface area contributed by atoms with Gasteiger partial charge in [0.2, 0.25) is 5.91 Å². The summed E-state index contributed by atoms with van der Waals surface area (Å²) in [4.78, 5) is 14.0. The van der Waals surface area contributed by atoms with Crippen molar-refractivity contribution in [2.45, 2.75) is 32.4 Å². The Morgan fingerprint density at radius 1 is 1.33 bits per heavy atom. The van der Waals surface area contributed by atoms with Crippen molar-refractivity contribution in [1.82, 2.24) is 10.2 Å². The maximum atomic E-state index is 12.0. The Morgan fingerprint density at radius 2 is 2.11 bits per heavy atom. The van der Waals surface area contributed by atoms with Crippen molar-refractivity contribution in [1.29, 1.82) is 0 Å². The highest BCUT2D eigenvalue weighted by molar-refractivity contribution is 5.81. The Labute approximate surface area is 108 Å². The lowest BCUT2D eigenvalue weighted by Gasteiger charge is -2.33. The Balaban J connectivity index is 1.81. The molecule has 3 rings (SSSR count). The molecule has 0 aromatic heterocycles. The van der Waals surface area contributed by atoms with Gasteiger partial charge in [-0.1, -0.05) is 30.7 Å². The average molecular weight is 244 g/mol. The van der Waals surface area contributed by atoms with Crippen LogP contribution in [0.3, 0.4) is 0 Å². The molecule has 3 heteroatoms. The second-order valence-corrected chi connectivity index (χ2v) is 5.48. The van der Waals surface area contributed by atoms with E-state index in [1.807, 2.05) is 17.0 Å². The molecule has 18 heavy (non-hydrogen) atoms. The number of rotatable bonds is 3. The van der Waals surface area contributed by atoms with Gasteiger partial charge in [-0.3, -0.25) is 10.1 Å². The number of hydrogen-bond donors (Lipinski definition) is 1. The van der Waals surface area contributed by atoms with Gasteiger partial charge >= 0.3 is 0 Å². The van der Waals surface area contributed by atoms with Gasteiger partial charge in [-0.2, -0.15) is 0 Å². The van der Waals surface area contributed by atoms with E-state index in [-0.39, 0.29) is 12.1 Å². The van der Waals surface area contributed by atoms with Gasteiger partial charge in [-0.15, -0.1) is 0 Å². The number of hydrogen-bond acceptors (Lipinski definition) is 2. The van der Waals surface area contributed by atoms with Crippen LogP contribution in [0.2, 0.25) is 0 Å². The van der Waals surface area contributed by atoms with Crippen LogP contribution in [0.5, 0.6) is 0 Å². The fraction of sp³-hybridized carbons (Fsp3) is 0.533. The number of amides is 1. The molecule has 1 heterocycles. The summed E-state index contributed by atoms with van der Waals surface area (Å²) >= 11 is 0. The topological polar surface area (TPSA) is 32.3 Å². The summed E-state index contributed by atoms with van der Waals surface area (Å²) in [5.41, 5.74) is 2.49. The Kier molecular flexibility index (Phi) is 3.08. The van der Waals surface area contributed by atoms with Crippen molar-refractivity contribution >= 4 is 5.91 Å². The molecule has 1 amide bonds. The van der Waals surface area contributed by atoms with Crippen LogP contribution in [-0.2, 0) is 4.79 Å². The lowest BCUT2D eigenvalue weighted by atomic mass is 9.85. The monoisotopic (exact) mass is 244 g/mol. The molecule has 3 nitrogen and oxygen atoms in total. The summed E-state index contributed by atoms with van der Waals surface area (Å²) in [5, 5.41) is 3.34. The molecule has 0 bridgehead atoms. The van der Waals surface area contributed by atoms with E-state index in [1.54, 1.807) is 0 Å². The molecule has 1 aromatic rings. The smallest absolute Gasteiger partial charge is 0.238 e. The van der Waals surface area contributed by atoms with Gasteiger partial charge in [-0.05, 0) is 36.8 Å². The Morgan fingerprint density at radius 3 is 2.78 bits per heavy atom. The minimum absolute atomic E-state index is 0.0827. The first kappa shape index (κ1) is 11.7. The first-order valence-corrected chi connectivity index (χ1v) is 6.84. The van der Waals surface area contributed by atoms with Gasteiger partial charge in [0.05, 0.1) is 6.54 Å². The molecule has 0 spiro atoms. The summed E-state index contributed by atoms with van der Waals surface area (Å²) in [6.07, 6.45) is 3.98. The summed E-state index contributed by atoms with van der Waals surface area (Å²) in [6, 6.07) is 8.33. The third-order valence-electron chi connectivity index (χ3n) is 4.24. The van der Waals surface area contributed by atoms with Crippen molar-refractivity contribution < 1.29 is 4.79 Å². The number of carbonyl (C=O) groups is 1. The van der Waals surface area contributed by atoms with Crippen LogP contribution in [-0.4, -0.2) is 23.9 Å². The largest absolute Gasteiger partial charge is 0.322 e. The molecule has 0 radical (unpaired) electrons. The van der Waals surface area contributed by atoms with E-state index >= 15 is 0 Å². The lowest BCUT2D eigenvalue weighted by molar-refractivity contribution is -0.129. The van der Waals surface area contributed by atoms with E-state index in [9.17, 15) is 4.79 Å². The van der Waals surface area contributed by atoms with Gasteiger partial charge in [0.1, 0.15) is 6.17 Å². The van der Waals surface area contributed by atoms with Gasteiger partial charge in [0, 0.05) is 6.54 Å². The summed E-state index contributed by atoms with van der Waals surface area (Å²) in [7, 11) is 0. The number of aryl methyl sites for hydroxylation is 1. The van der Waals surface area contributed by atoms with Crippen LogP contribution in [0.25, 0.3) is 0 Å². The van der Waals surface area contributed by atoms with E-state index in [0.29, 0.717) is 6.54 Å². The number of nitrogens with one attached hydrogen (secondary N) is 1. The second-order valence-electron chi connectivity index (χ2n) is 5.48. The van der Waals surface area contributed by atoms with Crippen molar-refractivity contribution in [3.63, 3.8) is 0 Å². The highest BCUT2D eigenvalue weighted by Gasteiger charge is 2.34. The molecular formula is C15H20N2O. The fourth-order valence-electron chi connectivity index (χ4n) is 2.87. The summed E-state index contributed by atoms with van der Waals surface area (Å²) in [5.74, 6) is 0.968. The zero-order valence-electron chi connectivity index (χ0n) is 10.9. The zero-order chi connectivity index (χ0) is 12.5. The van der Waals surface area contributed by atoms with Crippen molar-refractivity contribution in [3.8, 4) is 0 Å². The van der Waals surface area contributed by atoms with Crippen LogP contribution >= 0.6 is 0 Å². The van der Waals surface area contributed by atoms with Gasteiger partial charge in [-0.25, -0.2) is 0 Å². The molecule has 1 aliphatic heterocycles. The van der Waals surface area contributed by atoms with Crippen LogP contribution in [0.15, 0.2) is 24.3 Å². The third kappa shape index (κ3) is 2.03. The van der Waals surface area contributed by atoms with Gasteiger partial charge < -0.3 is 4.90 Å². The molecular weight excluding hydrogens is 224 g/mol. The normalized spacial score (nSPS) is 24.4. The maximum absolute atomic E-state index is 12.0. The second kappa shape index (κ2) is 4.73. The van der Waals surface area contributed by atoms with Crippen LogP contribution in [0.1, 0.15) is 36.6 Å². The Hall–Kier alpha value is -1.35. The van der Waals surface area contributed by atoms with Gasteiger partial charge in [0.25, 0.3) is 0 Å². The molecule has 1 N–H and O–H groups in total. The molecule has 1 aliphatic carbocycles. The predicted octanol–water partition coefficient (Wildman–Crippen LogP) is 2.23. The quantitative estimate of drug-likeness (QED) is 0.884. The number of benzene rings is 1. The standard InChI is InChI=1S/C15H20N2O/c1-11-5-2-3-8-13(11)15-16-9-14(18)17(15)10-12-6-4-7-12/h2-3,5,8,12,15-16H,4,6-7,9-10H2,1H3. The molecule has 1 aromatic carbocycles. The molecule has 1 saturated carbocycles. The fourth-order valence-corrected chi connectivity index (χ4v) is 2.87. The molecule has 96 valence electrons. The van der Waals surface area contributed by atoms with Crippen LogP contribution in [0.4, 0.5) is 0 Å². The van der Waals surface area contributed by atoms with E-state index in [2.05, 4.69) is 24.4 Å². The molecule has 1 unspecified atom stereocenters. The Bertz CT molecular complexity index is 454. The first-order chi connectivity index (χ1) is 8.75. The first-order valence-electron chi connectivity index (χ1n) is 6.84. The van der Waals surface area contributed by atoms with E-state index in [1.165, 1.54) is 30.4 Å². The highest BCUT2D eigenvalue weighted by atomic mass is 16.2. The molecule has 1 saturated heterocycles. The predicted molar refractivity (Wildman–Crippen MR) is 71.0 cm³/mol. The molecule has 2 fully saturated rings. The number of nitrogens with zero attached hydrogens (tertiary/aromatic N) is 1. The van der Waals surface area contributed by atoms with E-state index < -0.39 is 0 Å². The van der Waals surface area contributed by atoms with Crippen molar-refractivity contribution in [2.24, 2.45) is 5.92 Å². The lowest BCUT2D eigenvalue weighted by Crippen LogP contribution is -2.37. The minimum atomic E-state index is 0.0827. The third-order valence-corrected chi connectivity index (χ3v) is 4.24. The van der Waals surface area contributed by atoms with Gasteiger partial charge in [0.15, 0.2) is 0 Å². The average Bonchev–Trinajstić information content (AvgIpc) is 2.66. The minimum Gasteiger partial charge on any atom is -0.322 e. The highest BCUT2D eigenvalue weighted by Crippen LogP contribution is 2.32. The molecule has 1 atom stereocenters. The zero-order valence-corrected chi connectivity index (χ0v) is 10.9. The summed E-state index contributed by atoms with van der Waals surface area (Å²) < 4.78 is 0. The van der Waals surface area contributed by atoms with Crippen molar-refractivity contribution in [3.05, 3.63) is 35.4 Å². The van der Waals surface area contributed by atoms with Crippen LogP contribution < -0.4 is 5.32 Å². The molecule has 2 aliphatic rings. The van der Waals surface area contributed by atoms with Crippen LogP contribution in [0, 0.1) is 12.8 Å². The summed E-state index contributed by atoms with van der Waals surface area (Å²) in [6.45, 7) is 3.51. The van der Waals surface area contributed by atoms with E-state index in [4.69, 9.17) is 0 Å². The number of carbonyl (C=O) groups excluding carboxylic acids is 1. The van der Waals surface area contributed by atoms with E-state index in [0.717, 1.165) is 12.5 Å².